The lowest BCUT2D eigenvalue weighted by molar-refractivity contribution is -0.157. The molecule has 2 saturated heterocycles. The molecule has 0 aliphatic carbocycles. The highest BCUT2D eigenvalue weighted by Gasteiger charge is 2.36. The lowest BCUT2D eigenvalue weighted by Crippen LogP contribution is -2.44. The Kier molecular flexibility index (Phi) is 8.32. The van der Waals surface area contributed by atoms with Crippen LogP contribution in [0.4, 0.5) is 0 Å². The summed E-state index contributed by atoms with van der Waals surface area (Å²) in [5.74, 6) is -1.61. The van der Waals surface area contributed by atoms with Crippen molar-refractivity contribution in [3.63, 3.8) is 0 Å². The molecule has 1 aromatic rings. The fraction of sp³-hybridized carbons (Fsp3) is 0.600. The number of sulfonamides is 1. The van der Waals surface area contributed by atoms with Crippen molar-refractivity contribution in [3.05, 3.63) is 28.2 Å². The van der Waals surface area contributed by atoms with Gasteiger partial charge in [0, 0.05) is 25.7 Å². The van der Waals surface area contributed by atoms with Gasteiger partial charge in [-0.1, -0.05) is 29.3 Å². The Morgan fingerprint density at radius 1 is 1.15 bits per heavy atom. The Morgan fingerprint density at radius 2 is 1.76 bits per heavy atom. The van der Waals surface area contributed by atoms with Crippen LogP contribution < -0.4 is 0 Å². The molecule has 2 heterocycles. The van der Waals surface area contributed by atoms with Crippen LogP contribution in [0.5, 0.6) is 0 Å². The van der Waals surface area contributed by atoms with Crippen LogP contribution in [-0.2, 0) is 34.2 Å². The van der Waals surface area contributed by atoms with Crippen molar-refractivity contribution in [2.45, 2.75) is 37.1 Å². The molecule has 1 amide bonds. The number of nitrogens with zero attached hydrogens (tertiary/aromatic N) is 2. The number of rotatable bonds is 7. The number of piperidine rings is 1. The minimum atomic E-state index is -3.92. The first-order chi connectivity index (χ1) is 15.5. The van der Waals surface area contributed by atoms with Gasteiger partial charge in [-0.3, -0.25) is 9.59 Å². The monoisotopic (exact) mass is 540 g/mol. The van der Waals surface area contributed by atoms with E-state index in [1.165, 1.54) is 21.3 Å². The molecule has 3 rings (SSSR count). The number of esters is 1. The van der Waals surface area contributed by atoms with E-state index >= 15 is 0 Å². The van der Waals surface area contributed by atoms with E-state index in [1.54, 1.807) is 13.0 Å². The average molecular weight is 541 g/mol. The maximum absolute atomic E-state index is 12.9. The molecule has 0 spiro atoms. The fourth-order valence-electron chi connectivity index (χ4n) is 4.18. The highest BCUT2D eigenvalue weighted by Crippen LogP contribution is 2.33. The van der Waals surface area contributed by atoms with Gasteiger partial charge in [-0.05, 0) is 38.3 Å². The molecular formula is C20H26Cl2N2O7S2. The van der Waals surface area contributed by atoms with Crippen molar-refractivity contribution in [3.8, 4) is 0 Å². The Balaban J connectivity index is 1.54. The standard InChI is InChI=1S/C20H26Cl2N2O7S2/c1-2-24(15-8-11-32(27,28)13-15)18(25)12-31-20(26)14-6-9-23(10-7-14)33(29,30)19-16(21)4-3-5-17(19)22/h3-5,14-15H,2,6-13H2,1H3/t15-/m1/s1. The molecule has 13 heteroatoms. The van der Waals surface area contributed by atoms with Crippen molar-refractivity contribution in [2.24, 2.45) is 5.92 Å². The van der Waals surface area contributed by atoms with Gasteiger partial charge in [0.2, 0.25) is 10.0 Å². The smallest absolute Gasteiger partial charge is 0.309 e. The third-order valence-corrected chi connectivity index (χ3v) is 10.6. The van der Waals surface area contributed by atoms with E-state index < -0.39 is 50.3 Å². The summed E-state index contributed by atoms with van der Waals surface area (Å²) in [6.07, 6.45) is 0.831. The van der Waals surface area contributed by atoms with Gasteiger partial charge in [0.1, 0.15) is 4.90 Å². The van der Waals surface area contributed by atoms with Gasteiger partial charge in [-0.25, -0.2) is 16.8 Å². The number of halogens is 2. The van der Waals surface area contributed by atoms with E-state index in [0.717, 1.165) is 0 Å². The highest BCUT2D eigenvalue weighted by molar-refractivity contribution is 7.91. The molecule has 0 radical (unpaired) electrons. The first-order valence-electron chi connectivity index (χ1n) is 10.6. The topological polar surface area (TPSA) is 118 Å². The number of hydrogen-bond acceptors (Lipinski definition) is 7. The van der Waals surface area contributed by atoms with Crippen molar-refractivity contribution in [1.82, 2.24) is 9.21 Å². The minimum absolute atomic E-state index is 0.0260. The van der Waals surface area contributed by atoms with Crippen LogP contribution in [0.25, 0.3) is 0 Å². The number of benzene rings is 1. The average Bonchev–Trinajstić information content (AvgIpc) is 3.11. The Hall–Kier alpha value is -1.40. The molecular weight excluding hydrogens is 515 g/mol. The van der Waals surface area contributed by atoms with Crippen LogP contribution in [0.1, 0.15) is 26.2 Å². The highest BCUT2D eigenvalue weighted by atomic mass is 35.5. The van der Waals surface area contributed by atoms with Gasteiger partial charge in [-0.2, -0.15) is 4.31 Å². The van der Waals surface area contributed by atoms with E-state index in [0.29, 0.717) is 13.0 Å². The second kappa shape index (κ2) is 10.5. The zero-order chi connectivity index (χ0) is 24.4. The van der Waals surface area contributed by atoms with Crippen molar-refractivity contribution in [1.29, 1.82) is 0 Å². The largest absolute Gasteiger partial charge is 0.455 e. The number of hydrogen-bond donors (Lipinski definition) is 0. The Labute approximate surface area is 203 Å². The van der Waals surface area contributed by atoms with Crippen LogP contribution in [0.15, 0.2) is 23.1 Å². The Morgan fingerprint density at radius 3 is 2.27 bits per heavy atom. The van der Waals surface area contributed by atoms with Gasteiger partial charge in [0.25, 0.3) is 5.91 Å². The molecule has 1 aromatic carbocycles. The predicted molar refractivity (Wildman–Crippen MR) is 123 cm³/mol. The summed E-state index contributed by atoms with van der Waals surface area (Å²) in [6.45, 7) is 1.75. The zero-order valence-electron chi connectivity index (χ0n) is 18.1. The number of amides is 1. The second-order valence-electron chi connectivity index (χ2n) is 8.07. The van der Waals surface area contributed by atoms with E-state index in [9.17, 15) is 26.4 Å². The van der Waals surface area contributed by atoms with Crippen LogP contribution in [0, 0.1) is 5.92 Å². The number of likely N-dealkylation sites (N-methyl/N-ethyl adjacent to an activating group) is 1. The third-order valence-electron chi connectivity index (χ3n) is 5.95. The van der Waals surface area contributed by atoms with E-state index in [1.807, 2.05) is 0 Å². The van der Waals surface area contributed by atoms with Crippen LogP contribution in [0.2, 0.25) is 10.0 Å². The molecule has 2 aliphatic heterocycles. The quantitative estimate of drug-likeness (QED) is 0.485. The van der Waals surface area contributed by atoms with Crippen molar-refractivity contribution >= 4 is 54.9 Å². The van der Waals surface area contributed by atoms with E-state index in [-0.39, 0.29) is 52.4 Å². The molecule has 2 fully saturated rings. The molecule has 0 unspecified atom stereocenters. The number of sulfone groups is 1. The molecule has 0 aromatic heterocycles. The number of carbonyl (C=O) groups is 2. The normalized spacial score (nSPS) is 21.6. The zero-order valence-corrected chi connectivity index (χ0v) is 21.2. The summed E-state index contributed by atoms with van der Waals surface area (Å²) in [6, 6.07) is 4.04. The lowest BCUT2D eigenvalue weighted by Gasteiger charge is -2.31. The lowest BCUT2D eigenvalue weighted by atomic mass is 9.98. The van der Waals surface area contributed by atoms with Crippen LogP contribution in [-0.4, -0.2) is 81.7 Å². The molecule has 0 N–H and O–H groups in total. The summed E-state index contributed by atoms with van der Waals surface area (Å²) in [5, 5.41) is 0.0520. The Bertz CT molecular complexity index is 1100. The predicted octanol–water partition coefficient (Wildman–Crippen LogP) is 1.97. The van der Waals surface area contributed by atoms with Gasteiger partial charge in [0.05, 0.1) is 27.5 Å². The summed E-state index contributed by atoms with van der Waals surface area (Å²) >= 11 is 12.1. The van der Waals surface area contributed by atoms with Crippen molar-refractivity contribution < 1.29 is 31.2 Å². The fourth-order valence-corrected chi connectivity index (χ4v) is 8.47. The first kappa shape index (κ1) is 26.2. The maximum atomic E-state index is 12.9. The number of carbonyl (C=O) groups excluding carboxylic acids is 2. The molecule has 2 aliphatic rings. The van der Waals surface area contributed by atoms with Crippen LogP contribution in [0.3, 0.4) is 0 Å². The van der Waals surface area contributed by atoms with Gasteiger partial charge in [0.15, 0.2) is 16.4 Å². The maximum Gasteiger partial charge on any atom is 0.309 e. The number of ether oxygens (including phenoxy) is 1. The second-order valence-corrected chi connectivity index (χ2v) is 13.0. The van der Waals surface area contributed by atoms with Gasteiger partial charge in [-0.15, -0.1) is 0 Å². The van der Waals surface area contributed by atoms with Gasteiger partial charge >= 0.3 is 5.97 Å². The summed E-state index contributed by atoms with van der Waals surface area (Å²) in [5.41, 5.74) is 0. The summed E-state index contributed by atoms with van der Waals surface area (Å²) < 4.78 is 55.7. The molecule has 33 heavy (non-hydrogen) atoms. The van der Waals surface area contributed by atoms with Crippen molar-refractivity contribution in [2.75, 3.05) is 37.7 Å². The third kappa shape index (κ3) is 6.00. The SMILES string of the molecule is CCN(C(=O)COC(=O)C1CCN(S(=O)(=O)c2c(Cl)cccc2Cl)CC1)[C@@H]1CCS(=O)(=O)C1. The molecule has 184 valence electrons. The summed E-state index contributed by atoms with van der Waals surface area (Å²) in [7, 11) is -7.07. The molecule has 1 atom stereocenters. The minimum Gasteiger partial charge on any atom is -0.455 e. The van der Waals surface area contributed by atoms with E-state index in [4.69, 9.17) is 27.9 Å². The summed E-state index contributed by atoms with van der Waals surface area (Å²) in [4.78, 5) is 26.3. The van der Waals surface area contributed by atoms with Gasteiger partial charge < -0.3 is 9.64 Å². The first-order valence-corrected chi connectivity index (χ1v) is 14.6. The van der Waals surface area contributed by atoms with Crippen LogP contribution >= 0.6 is 23.2 Å². The molecule has 0 bridgehead atoms. The molecule has 0 saturated carbocycles. The molecule has 9 nitrogen and oxygen atoms in total. The van der Waals surface area contributed by atoms with E-state index in [2.05, 4.69) is 0 Å².